The van der Waals surface area contributed by atoms with E-state index in [0.29, 0.717) is 17.8 Å². The van der Waals surface area contributed by atoms with Gasteiger partial charge in [-0.15, -0.1) is 0 Å². The van der Waals surface area contributed by atoms with Crippen molar-refractivity contribution in [3.8, 4) is 0 Å². The quantitative estimate of drug-likeness (QED) is 0.400. The van der Waals surface area contributed by atoms with Crippen LogP contribution in [0.15, 0.2) is 48.5 Å². The lowest BCUT2D eigenvalue weighted by atomic mass is 9.87. The Balaban J connectivity index is 0.00000450. The van der Waals surface area contributed by atoms with Gasteiger partial charge in [0.05, 0.1) is 21.1 Å². The first-order valence-corrected chi connectivity index (χ1v) is 11.7. The van der Waals surface area contributed by atoms with E-state index in [1.807, 2.05) is 0 Å². The molecule has 0 N–H and O–H groups in total. The van der Waals surface area contributed by atoms with Gasteiger partial charge in [-0.2, -0.15) is 0 Å². The van der Waals surface area contributed by atoms with Gasteiger partial charge in [0.1, 0.15) is 6.54 Å². The molecule has 2 aromatic rings. The van der Waals surface area contributed by atoms with E-state index in [2.05, 4.69) is 97.4 Å². The van der Waals surface area contributed by atoms with Gasteiger partial charge < -0.3 is 16.9 Å². The lowest BCUT2D eigenvalue weighted by molar-refractivity contribution is -0.884. The molecule has 0 spiro atoms. The molecular weight excluding hydrogens is 398 g/mol. The van der Waals surface area contributed by atoms with Crippen molar-refractivity contribution in [2.75, 3.05) is 21.1 Å². The van der Waals surface area contributed by atoms with Gasteiger partial charge in [0.2, 0.25) is 0 Å². The van der Waals surface area contributed by atoms with E-state index in [0.717, 1.165) is 11.0 Å². The maximum absolute atomic E-state index is 2.39. The Morgan fingerprint density at radius 1 is 0.677 bits per heavy atom. The van der Waals surface area contributed by atoms with E-state index in [-0.39, 0.29) is 19.8 Å². The SMILES string of the molecule is C.CCC(C)c1ccc(C(C)CCCC(CC)c2ccc(C[N+](C)(C)C)cc2)cc1.[Cl-]. The molecule has 31 heavy (non-hydrogen) atoms. The maximum atomic E-state index is 2.39. The van der Waals surface area contributed by atoms with Gasteiger partial charge in [0, 0.05) is 5.56 Å². The summed E-state index contributed by atoms with van der Waals surface area (Å²) in [6.07, 6.45) is 6.31. The Morgan fingerprint density at radius 2 is 1.16 bits per heavy atom. The van der Waals surface area contributed by atoms with Crippen molar-refractivity contribution in [1.82, 2.24) is 0 Å². The molecule has 2 rings (SSSR count). The zero-order valence-electron chi connectivity index (χ0n) is 20.4. The molecule has 0 amide bonds. The molecule has 0 radical (unpaired) electrons. The fourth-order valence-corrected chi connectivity index (χ4v) is 4.28. The second-order valence-corrected chi connectivity index (χ2v) is 10.1. The average molecular weight is 446 g/mol. The maximum Gasteiger partial charge on any atom is 0.104 e. The van der Waals surface area contributed by atoms with Crippen molar-refractivity contribution in [1.29, 1.82) is 0 Å². The van der Waals surface area contributed by atoms with Crippen LogP contribution in [-0.2, 0) is 6.54 Å². The van der Waals surface area contributed by atoms with E-state index in [1.54, 1.807) is 0 Å². The molecule has 176 valence electrons. The van der Waals surface area contributed by atoms with Crippen LogP contribution in [0.4, 0.5) is 0 Å². The number of rotatable bonds is 11. The highest BCUT2D eigenvalue weighted by molar-refractivity contribution is 5.27. The number of quaternary nitrogens is 1. The molecule has 0 aliphatic rings. The zero-order valence-corrected chi connectivity index (χ0v) is 21.2. The summed E-state index contributed by atoms with van der Waals surface area (Å²) in [7, 11) is 6.76. The van der Waals surface area contributed by atoms with Crippen molar-refractivity contribution in [3.63, 3.8) is 0 Å². The Hall–Kier alpha value is -1.31. The molecule has 3 atom stereocenters. The molecule has 3 unspecified atom stereocenters. The minimum atomic E-state index is 0. The fraction of sp³-hybridized carbons (Fsp3) is 0.586. The summed E-state index contributed by atoms with van der Waals surface area (Å²) < 4.78 is 0.979. The Labute approximate surface area is 200 Å². The first-order valence-electron chi connectivity index (χ1n) is 11.7. The van der Waals surface area contributed by atoms with Crippen LogP contribution in [0.3, 0.4) is 0 Å². The highest BCUT2D eigenvalue weighted by atomic mass is 35.5. The van der Waals surface area contributed by atoms with E-state index < -0.39 is 0 Å². The van der Waals surface area contributed by atoms with E-state index in [1.165, 1.54) is 54.4 Å². The lowest BCUT2D eigenvalue weighted by Gasteiger charge is -2.24. The fourth-order valence-electron chi connectivity index (χ4n) is 4.28. The van der Waals surface area contributed by atoms with Gasteiger partial charge in [-0.1, -0.05) is 90.1 Å². The first-order chi connectivity index (χ1) is 13.7. The smallest absolute Gasteiger partial charge is 0.104 e. The van der Waals surface area contributed by atoms with Gasteiger partial charge in [0.15, 0.2) is 0 Å². The van der Waals surface area contributed by atoms with Gasteiger partial charge in [0.25, 0.3) is 0 Å². The van der Waals surface area contributed by atoms with Crippen molar-refractivity contribution < 1.29 is 16.9 Å². The molecule has 1 nitrogen and oxygen atoms in total. The molecule has 0 aromatic heterocycles. The minimum absolute atomic E-state index is 0. The van der Waals surface area contributed by atoms with Gasteiger partial charge in [-0.3, -0.25) is 0 Å². The molecule has 2 heteroatoms. The Bertz CT molecular complexity index is 712. The standard InChI is InChI=1S/C28H44N.CH4.ClH/c1-8-22(3)26-17-19-27(20-18-26)23(4)11-10-12-25(9-2)28-15-13-24(14-16-28)21-29(5,6)7;;/h13-20,22-23,25H,8-12,21H2,1-7H3;1H4;1H/q+1;;/p-1. The average Bonchev–Trinajstić information content (AvgIpc) is 2.70. The second-order valence-electron chi connectivity index (χ2n) is 10.1. The van der Waals surface area contributed by atoms with Crippen LogP contribution in [0.5, 0.6) is 0 Å². The number of hydrogen-bond acceptors (Lipinski definition) is 0. The predicted molar refractivity (Wildman–Crippen MR) is 135 cm³/mol. The first kappa shape index (κ1) is 29.7. The van der Waals surface area contributed by atoms with E-state index in [9.17, 15) is 0 Å². The lowest BCUT2D eigenvalue weighted by Crippen LogP contribution is -3.00. The molecule has 0 fully saturated rings. The molecule has 0 saturated carbocycles. The highest BCUT2D eigenvalue weighted by Gasteiger charge is 2.13. The van der Waals surface area contributed by atoms with Crippen molar-refractivity contribution in [3.05, 3.63) is 70.8 Å². The highest BCUT2D eigenvalue weighted by Crippen LogP contribution is 2.30. The van der Waals surface area contributed by atoms with Gasteiger partial charge in [-0.05, 0) is 60.1 Å². The van der Waals surface area contributed by atoms with Crippen molar-refractivity contribution in [2.45, 2.75) is 91.5 Å². The molecule has 0 saturated heterocycles. The van der Waals surface area contributed by atoms with Gasteiger partial charge in [-0.25, -0.2) is 0 Å². The number of nitrogens with zero attached hydrogens (tertiary/aromatic N) is 1. The van der Waals surface area contributed by atoms with E-state index >= 15 is 0 Å². The van der Waals surface area contributed by atoms with Crippen LogP contribution in [0, 0.1) is 0 Å². The monoisotopic (exact) mass is 445 g/mol. The molecule has 0 bridgehead atoms. The van der Waals surface area contributed by atoms with Crippen LogP contribution in [-0.4, -0.2) is 25.6 Å². The summed E-state index contributed by atoms with van der Waals surface area (Å²) in [5.41, 5.74) is 5.92. The number of benzene rings is 2. The summed E-state index contributed by atoms with van der Waals surface area (Å²) in [6, 6.07) is 18.8. The van der Waals surface area contributed by atoms with Crippen molar-refractivity contribution >= 4 is 0 Å². The van der Waals surface area contributed by atoms with E-state index in [4.69, 9.17) is 0 Å². The molecule has 2 aromatic carbocycles. The topological polar surface area (TPSA) is 0 Å². The number of halogens is 1. The van der Waals surface area contributed by atoms with Crippen LogP contribution < -0.4 is 12.4 Å². The van der Waals surface area contributed by atoms with Gasteiger partial charge >= 0.3 is 0 Å². The molecule has 0 heterocycles. The Morgan fingerprint density at radius 3 is 1.61 bits per heavy atom. The Kier molecular flexibility index (Phi) is 13.4. The van der Waals surface area contributed by atoms with Crippen LogP contribution in [0.2, 0.25) is 0 Å². The van der Waals surface area contributed by atoms with Crippen LogP contribution in [0.1, 0.15) is 107 Å². The van der Waals surface area contributed by atoms with Crippen molar-refractivity contribution in [2.24, 2.45) is 0 Å². The zero-order chi connectivity index (χ0) is 21.4. The summed E-state index contributed by atoms with van der Waals surface area (Å²) in [4.78, 5) is 0. The predicted octanol–water partition coefficient (Wildman–Crippen LogP) is 5.51. The second kappa shape index (κ2) is 14.0. The molecule has 0 aliphatic heterocycles. The summed E-state index contributed by atoms with van der Waals surface area (Å²) in [6.45, 7) is 10.4. The van der Waals surface area contributed by atoms with Crippen LogP contribution >= 0.6 is 0 Å². The minimum Gasteiger partial charge on any atom is -1.00 e. The number of hydrogen-bond donors (Lipinski definition) is 0. The molecular formula is C29H48ClN. The summed E-state index contributed by atoms with van der Waals surface area (Å²) in [5, 5.41) is 0. The molecule has 0 aliphatic carbocycles. The normalized spacial score (nSPS) is 14.2. The third-order valence-corrected chi connectivity index (χ3v) is 6.48. The summed E-state index contributed by atoms with van der Waals surface area (Å²) in [5.74, 6) is 2.00. The summed E-state index contributed by atoms with van der Waals surface area (Å²) >= 11 is 0. The third kappa shape index (κ3) is 9.79. The largest absolute Gasteiger partial charge is 1.00 e. The van der Waals surface area contributed by atoms with Crippen LogP contribution in [0.25, 0.3) is 0 Å². The third-order valence-electron chi connectivity index (χ3n) is 6.48.